The van der Waals surface area contributed by atoms with Crippen molar-refractivity contribution in [3.05, 3.63) is 42.1 Å². The third-order valence-electron chi connectivity index (χ3n) is 2.38. The smallest absolute Gasteiger partial charge is 0.0888 e. The molecule has 3 aromatic rings. The molecule has 0 bridgehead atoms. The number of hydrogen-bond donors (Lipinski definition) is 0. The van der Waals surface area contributed by atoms with E-state index in [4.69, 9.17) is 0 Å². The quantitative estimate of drug-likeness (QED) is 0.540. The number of aromatic nitrogens is 1. The van der Waals surface area contributed by atoms with Crippen LogP contribution < -0.4 is 0 Å². The number of fused-ring (bicyclic) bond motifs is 3. The van der Waals surface area contributed by atoms with Crippen molar-refractivity contribution < 1.29 is 0 Å². The molecule has 0 spiro atoms. The molecule has 82 valence electrons. The number of benzene rings is 1. The van der Waals surface area contributed by atoms with Crippen molar-refractivity contribution in [1.29, 1.82) is 0 Å². The van der Waals surface area contributed by atoms with Crippen molar-refractivity contribution >= 4 is 31.6 Å². The van der Waals surface area contributed by atoms with Crippen molar-refractivity contribution in [2.45, 2.75) is 20.8 Å². The summed E-state index contributed by atoms with van der Waals surface area (Å²) in [4.78, 5) is 4.42. The fourth-order valence-corrected chi connectivity index (χ4v) is 2.76. The minimum absolute atomic E-state index is 1.14. The molecule has 0 saturated carbocycles. The van der Waals surface area contributed by atoms with Crippen molar-refractivity contribution in [2.24, 2.45) is 0 Å². The van der Waals surface area contributed by atoms with E-state index in [1.165, 1.54) is 20.3 Å². The summed E-state index contributed by atoms with van der Waals surface area (Å²) in [5.74, 6) is 0. The lowest BCUT2D eigenvalue weighted by molar-refractivity contribution is 1.43. The molecule has 1 nitrogen and oxygen atoms in total. The van der Waals surface area contributed by atoms with Gasteiger partial charge in [-0.2, -0.15) is 0 Å². The van der Waals surface area contributed by atoms with E-state index in [1.807, 2.05) is 37.4 Å². The topological polar surface area (TPSA) is 12.9 Å². The Morgan fingerprint density at radius 1 is 1.06 bits per heavy atom. The van der Waals surface area contributed by atoms with E-state index in [2.05, 4.69) is 36.2 Å². The molecule has 0 aliphatic carbocycles. The van der Waals surface area contributed by atoms with Gasteiger partial charge in [0, 0.05) is 16.3 Å². The zero-order chi connectivity index (χ0) is 11.5. The summed E-state index contributed by atoms with van der Waals surface area (Å²) >= 11 is 1.81. The zero-order valence-electron chi connectivity index (χ0n) is 9.82. The van der Waals surface area contributed by atoms with Crippen molar-refractivity contribution in [1.82, 2.24) is 4.98 Å². The first-order valence-corrected chi connectivity index (χ1v) is 6.40. The number of aryl methyl sites for hydroxylation is 1. The Labute approximate surface area is 99.8 Å². The van der Waals surface area contributed by atoms with E-state index in [0.717, 1.165) is 5.52 Å². The van der Waals surface area contributed by atoms with E-state index in [9.17, 15) is 0 Å². The molecule has 0 fully saturated rings. The van der Waals surface area contributed by atoms with Gasteiger partial charge in [-0.05, 0) is 31.2 Å². The Kier molecular flexibility index (Phi) is 3.20. The van der Waals surface area contributed by atoms with Crippen LogP contribution in [0.1, 0.15) is 19.4 Å². The van der Waals surface area contributed by atoms with Crippen LogP contribution in [0.15, 0.2) is 36.5 Å². The molecule has 0 aliphatic rings. The SMILES string of the molecule is CC.Cc1ccc2sc3cccnc3c2c1. The second-order valence-corrected chi connectivity index (χ2v) is 4.54. The zero-order valence-corrected chi connectivity index (χ0v) is 10.6. The Balaban J connectivity index is 0.000000457. The lowest BCUT2D eigenvalue weighted by atomic mass is 10.2. The van der Waals surface area contributed by atoms with Crippen molar-refractivity contribution in [3.63, 3.8) is 0 Å². The summed E-state index contributed by atoms with van der Waals surface area (Å²) in [7, 11) is 0. The van der Waals surface area contributed by atoms with Crippen LogP contribution in [0, 0.1) is 6.92 Å². The molecule has 0 N–H and O–H groups in total. The van der Waals surface area contributed by atoms with E-state index in [0.29, 0.717) is 0 Å². The molecular formula is C14H15NS. The average molecular weight is 229 g/mol. The Morgan fingerprint density at radius 2 is 1.88 bits per heavy atom. The third-order valence-corrected chi connectivity index (χ3v) is 3.51. The van der Waals surface area contributed by atoms with Gasteiger partial charge in [0.15, 0.2) is 0 Å². The van der Waals surface area contributed by atoms with Crippen LogP contribution in [0.3, 0.4) is 0 Å². The molecule has 2 heteroatoms. The van der Waals surface area contributed by atoms with Crippen LogP contribution in [0.25, 0.3) is 20.3 Å². The molecule has 0 saturated heterocycles. The highest BCUT2D eigenvalue weighted by molar-refractivity contribution is 7.25. The van der Waals surface area contributed by atoms with E-state index < -0.39 is 0 Å². The maximum atomic E-state index is 4.42. The molecule has 2 aromatic heterocycles. The fourth-order valence-electron chi connectivity index (χ4n) is 1.71. The predicted molar refractivity (Wildman–Crippen MR) is 73.2 cm³/mol. The fraction of sp³-hybridized carbons (Fsp3) is 0.214. The van der Waals surface area contributed by atoms with Gasteiger partial charge in [0.05, 0.1) is 10.2 Å². The number of pyridine rings is 1. The lowest BCUT2D eigenvalue weighted by Gasteiger charge is -1.92. The van der Waals surface area contributed by atoms with E-state index in [-0.39, 0.29) is 0 Å². The van der Waals surface area contributed by atoms with E-state index >= 15 is 0 Å². The van der Waals surface area contributed by atoms with Crippen LogP contribution in [0.2, 0.25) is 0 Å². The first-order valence-electron chi connectivity index (χ1n) is 5.58. The van der Waals surface area contributed by atoms with Gasteiger partial charge in [0.25, 0.3) is 0 Å². The number of rotatable bonds is 0. The maximum absolute atomic E-state index is 4.42. The average Bonchev–Trinajstić information content (AvgIpc) is 2.70. The minimum atomic E-state index is 1.14. The molecule has 0 unspecified atom stereocenters. The summed E-state index contributed by atoms with van der Waals surface area (Å²) < 4.78 is 2.59. The number of thiophene rings is 1. The maximum Gasteiger partial charge on any atom is 0.0888 e. The number of nitrogens with zero attached hydrogens (tertiary/aromatic N) is 1. The molecule has 0 amide bonds. The summed E-state index contributed by atoms with van der Waals surface area (Å²) in [5.41, 5.74) is 2.43. The summed E-state index contributed by atoms with van der Waals surface area (Å²) in [5, 5.41) is 1.28. The van der Waals surface area contributed by atoms with Gasteiger partial charge in [-0.15, -0.1) is 11.3 Å². The van der Waals surface area contributed by atoms with Gasteiger partial charge in [0.2, 0.25) is 0 Å². The van der Waals surface area contributed by atoms with Gasteiger partial charge in [-0.1, -0.05) is 25.5 Å². The van der Waals surface area contributed by atoms with Crippen LogP contribution in [-0.2, 0) is 0 Å². The highest BCUT2D eigenvalue weighted by Gasteiger charge is 2.04. The number of hydrogen-bond acceptors (Lipinski definition) is 2. The van der Waals surface area contributed by atoms with Gasteiger partial charge < -0.3 is 0 Å². The second-order valence-electron chi connectivity index (χ2n) is 3.45. The summed E-state index contributed by atoms with van der Waals surface area (Å²) in [6, 6.07) is 10.7. The molecule has 0 radical (unpaired) electrons. The molecule has 3 rings (SSSR count). The normalized spacial score (nSPS) is 10.2. The third kappa shape index (κ3) is 1.81. The standard InChI is InChI=1S/C12H9NS.C2H6/c1-8-4-5-10-9(7-8)12-11(14-10)3-2-6-13-12;1-2/h2-7H,1H3;1-2H3. The van der Waals surface area contributed by atoms with Gasteiger partial charge in [0.1, 0.15) is 0 Å². The van der Waals surface area contributed by atoms with Gasteiger partial charge in [-0.25, -0.2) is 0 Å². The van der Waals surface area contributed by atoms with Gasteiger partial charge in [-0.3, -0.25) is 4.98 Å². The van der Waals surface area contributed by atoms with Crippen LogP contribution >= 0.6 is 11.3 Å². The highest BCUT2D eigenvalue weighted by atomic mass is 32.1. The molecule has 1 aromatic carbocycles. The first kappa shape index (κ1) is 11.1. The predicted octanol–water partition coefficient (Wildman–Crippen LogP) is 4.78. The minimum Gasteiger partial charge on any atom is -0.255 e. The molecular weight excluding hydrogens is 214 g/mol. The monoisotopic (exact) mass is 229 g/mol. The Hall–Kier alpha value is -1.41. The van der Waals surface area contributed by atoms with Crippen LogP contribution in [0.4, 0.5) is 0 Å². The van der Waals surface area contributed by atoms with Crippen LogP contribution in [0.5, 0.6) is 0 Å². The Bertz CT molecular complexity index is 610. The van der Waals surface area contributed by atoms with Crippen molar-refractivity contribution in [2.75, 3.05) is 0 Å². The summed E-state index contributed by atoms with van der Waals surface area (Å²) in [6.07, 6.45) is 1.86. The van der Waals surface area contributed by atoms with Crippen molar-refractivity contribution in [3.8, 4) is 0 Å². The first-order chi connectivity index (χ1) is 7.84. The second kappa shape index (κ2) is 4.62. The molecule has 2 heterocycles. The molecule has 16 heavy (non-hydrogen) atoms. The highest BCUT2D eigenvalue weighted by Crippen LogP contribution is 2.32. The lowest BCUT2D eigenvalue weighted by Crippen LogP contribution is -1.73. The Morgan fingerprint density at radius 3 is 2.69 bits per heavy atom. The molecule has 0 atom stereocenters. The largest absolute Gasteiger partial charge is 0.255 e. The summed E-state index contributed by atoms with van der Waals surface area (Å²) in [6.45, 7) is 6.12. The van der Waals surface area contributed by atoms with Crippen LogP contribution in [-0.4, -0.2) is 4.98 Å². The van der Waals surface area contributed by atoms with E-state index in [1.54, 1.807) is 0 Å². The van der Waals surface area contributed by atoms with Gasteiger partial charge >= 0.3 is 0 Å². The molecule has 0 aliphatic heterocycles.